The molecule has 0 aliphatic carbocycles. The van der Waals surface area contributed by atoms with Crippen LogP contribution < -0.4 is 5.32 Å². The van der Waals surface area contributed by atoms with Crippen molar-refractivity contribution in [2.45, 2.75) is 19.9 Å². The lowest BCUT2D eigenvalue weighted by molar-refractivity contribution is 0.326. The third-order valence-electron chi connectivity index (χ3n) is 2.47. The van der Waals surface area contributed by atoms with Gasteiger partial charge in [-0.3, -0.25) is 0 Å². The first-order chi connectivity index (χ1) is 7.02. The lowest BCUT2D eigenvalue weighted by atomic mass is 10.3. The van der Waals surface area contributed by atoms with E-state index in [9.17, 15) is 0 Å². The van der Waals surface area contributed by atoms with Gasteiger partial charge in [-0.1, -0.05) is 11.6 Å². The zero-order valence-corrected chi connectivity index (χ0v) is 10.3. The van der Waals surface area contributed by atoms with Gasteiger partial charge in [0.25, 0.3) is 0 Å². The van der Waals surface area contributed by atoms with E-state index in [1.165, 1.54) is 6.33 Å². The first kappa shape index (κ1) is 12.2. The second-order valence-electron chi connectivity index (χ2n) is 3.83. The molecule has 1 aromatic rings. The average Bonchev–Trinajstić information content (AvgIpc) is 2.19. The van der Waals surface area contributed by atoms with Crippen LogP contribution in [-0.2, 0) is 0 Å². The largest absolute Gasteiger partial charge is 0.368 e. The van der Waals surface area contributed by atoms with Gasteiger partial charge in [0.2, 0.25) is 0 Å². The molecule has 5 heteroatoms. The van der Waals surface area contributed by atoms with Crippen LogP contribution >= 0.6 is 11.6 Å². The van der Waals surface area contributed by atoms with Crippen molar-refractivity contribution in [2.75, 3.05) is 26.0 Å². The van der Waals surface area contributed by atoms with E-state index in [0.717, 1.165) is 17.9 Å². The lowest BCUT2D eigenvalue weighted by Gasteiger charge is -2.20. The molecule has 84 valence electrons. The molecule has 0 aliphatic heterocycles. The molecule has 0 bridgehead atoms. The van der Waals surface area contributed by atoms with Gasteiger partial charge in [0.05, 0.1) is 0 Å². The Morgan fingerprint density at radius 3 is 2.73 bits per heavy atom. The van der Waals surface area contributed by atoms with E-state index in [2.05, 4.69) is 27.1 Å². The van der Waals surface area contributed by atoms with E-state index in [4.69, 9.17) is 11.6 Å². The number of aromatic nitrogens is 2. The Labute approximate surface area is 95.7 Å². The van der Waals surface area contributed by atoms with Gasteiger partial charge in [0, 0.05) is 18.2 Å². The summed E-state index contributed by atoms with van der Waals surface area (Å²) in [5.41, 5.74) is 0.894. The van der Waals surface area contributed by atoms with Crippen LogP contribution in [0.3, 0.4) is 0 Å². The molecule has 4 nitrogen and oxygen atoms in total. The summed E-state index contributed by atoms with van der Waals surface area (Å²) in [5, 5.41) is 3.76. The number of halogens is 1. The van der Waals surface area contributed by atoms with Crippen LogP contribution in [0.4, 0.5) is 5.82 Å². The monoisotopic (exact) mass is 228 g/mol. The molecular weight excluding hydrogens is 212 g/mol. The SMILES string of the molecule is Cc1c(Cl)ncnc1NCC(C)N(C)C. The van der Waals surface area contributed by atoms with Gasteiger partial charge in [-0.15, -0.1) is 0 Å². The zero-order chi connectivity index (χ0) is 11.4. The summed E-state index contributed by atoms with van der Waals surface area (Å²) in [6.45, 7) is 4.89. The standard InChI is InChI=1S/C10H17ClN4/c1-7(15(3)4)5-12-10-8(2)9(11)13-6-14-10/h6-7H,5H2,1-4H3,(H,12,13,14). The molecule has 1 aromatic heterocycles. The Bertz CT molecular complexity index is 327. The van der Waals surface area contributed by atoms with Crippen molar-refractivity contribution in [1.82, 2.24) is 14.9 Å². The maximum atomic E-state index is 5.89. The van der Waals surface area contributed by atoms with Crippen molar-refractivity contribution in [3.8, 4) is 0 Å². The summed E-state index contributed by atoms with van der Waals surface area (Å²) in [6, 6.07) is 0.443. The Hall–Kier alpha value is -0.870. The first-order valence-corrected chi connectivity index (χ1v) is 5.27. The molecule has 15 heavy (non-hydrogen) atoms. The number of nitrogens with zero attached hydrogens (tertiary/aromatic N) is 3. The topological polar surface area (TPSA) is 41.1 Å². The smallest absolute Gasteiger partial charge is 0.137 e. The number of hydrogen-bond acceptors (Lipinski definition) is 4. The quantitative estimate of drug-likeness (QED) is 0.798. The van der Waals surface area contributed by atoms with Crippen LogP contribution in [0.25, 0.3) is 0 Å². The fraction of sp³-hybridized carbons (Fsp3) is 0.600. The molecule has 1 N–H and O–H groups in total. The molecule has 0 aromatic carbocycles. The molecule has 0 saturated carbocycles. The first-order valence-electron chi connectivity index (χ1n) is 4.89. The predicted molar refractivity (Wildman–Crippen MR) is 63.4 cm³/mol. The predicted octanol–water partition coefficient (Wildman–Crippen LogP) is 1.80. The summed E-state index contributed by atoms with van der Waals surface area (Å²) >= 11 is 5.89. The highest BCUT2D eigenvalue weighted by atomic mass is 35.5. The van der Waals surface area contributed by atoms with E-state index in [1.807, 2.05) is 21.0 Å². The van der Waals surface area contributed by atoms with Crippen molar-refractivity contribution in [3.05, 3.63) is 17.0 Å². The van der Waals surface area contributed by atoms with Crippen LogP contribution in [0.2, 0.25) is 5.15 Å². The van der Waals surface area contributed by atoms with Gasteiger partial charge < -0.3 is 10.2 Å². The highest BCUT2D eigenvalue weighted by Crippen LogP contribution is 2.17. The van der Waals surface area contributed by atoms with Crippen LogP contribution in [0.15, 0.2) is 6.33 Å². The van der Waals surface area contributed by atoms with Crippen molar-refractivity contribution in [1.29, 1.82) is 0 Å². The van der Waals surface area contributed by atoms with E-state index < -0.39 is 0 Å². The molecular formula is C10H17ClN4. The molecule has 1 rings (SSSR count). The Kier molecular flexibility index (Phi) is 4.29. The number of likely N-dealkylation sites (N-methyl/N-ethyl adjacent to an activating group) is 1. The molecule has 1 unspecified atom stereocenters. The second kappa shape index (κ2) is 5.28. The molecule has 1 atom stereocenters. The van der Waals surface area contributed by atoms with E-state index in [-0.39, 0.29) is 0 Å². The van der Waals surface area contributed by atoms with Gasteiger partial charge in [0.15, 0.2) is 0 Å². The van der Waals surface area contributed by atoms with E-state index in [0.29, 0.717) is 11.2 Å². The highest BCUT2D eigenvalue weighted by Gasteiger charge is 2.07. The minimum atomic E-state index is 0.443. The Morgan fingerprint density at radius 2 is 2.13 bits per heavy atom. The van der Waals surface area contributed by atoms with Crippen molar-refractivity contribution in [2.24, 2.45) is 0 Å². The normalized spacial score (nSPS) is 12.9. The summed E-state index contributed by atoms with van der Waals surface area (Å²) in [5.74, 6) is 0.809. The minimum Gasteiger partial charge on any atom is -0.368 e. The third-order valence-corrected chi connectivity index (χ3v) is 2.85. The Balaban J connectivity index is 2.62. The van der Waals surface area contributed by atoms with E-state index in [1.54, 1.807) is 0 Å². The van der Waals surface area contributed by atoms with Gasteiger partial charge in [0.1, 0.15) is 17.3 Å². The van der Waals surface area contributed by atoms with Crippen LogP contribution in [0, 0.1) is 6.92 Å². The average molecular weight is 229 g/mol. The molecule has 0 fully saturated rings. The molecule has 0 aliphatic rings. The van der Waals surface area contributed by atoms with E-state index >= 15 is 0 Å². The minimum absolute atomic E-state index is 0.443. The maximum absolute atomic E-state index is 5.89. The molecule has 0 spiro atoms. The highest BCUT2D eigenvalue weighted by molar-refractivity contribution is 6.30. The molecule has 0 radical (unpaired) electrons. The van der Waals surface area contributed by atoms with Crippen LogP contribution in [0.1, 0.15) is 12.5 Å². The molecule has 0 amide bonds. The van der Waals surface area contributed by atoms with Gasteiger partial charge >= 0.3 is 0 Å². The van der Waals surface area contributed by atoms with Crippen LogP contribution in [0.5, 0.6) is 0 Å². The number of nitrogens with one attached hydrogen (secondary N) is 1. The number of rotatable bonds is 4. The van der Waals surface area contributed by atoms with Crippen molar-refractivity contribution in [3.63, 3.8) is 0 Å². The van der Waals surface area contributed by atoms with Gasteiger partial charge in [-0.25, -0.2) is 9.97 Å². The van der Waals surface area contributed by atoms with Crippen molar-refractivity contribution >= 4 is 17.4 Å². The molecule has 1 heterocycles. The number of hydrogen-bond donors (Lipinski definition) is 1. The summed E-state index contributed by atoms with van der Waals surface area (Å²) < 4.78 is 0. The van der Waals surface area contributed by atoms with Gasteiger partial charge in [-0.05, 0) is 27.9 Å². The second-order valence-corrected chi connectivity index (χ2v) is 4.19. The summed E-state index contributed by atoms with van der Waals surface area (Å²) in [6.07, 6.45) is 1.47. The number of anilines is 1. The Morgan fingerprint density at radius 1 is 1.47 bits per heavy atom. The zero-order valence-electron chi connectivity index (χ0n) is 9.58. The summed E-state index contributed by atoms with van der Waals surface area (Å²) in [4.78, 5) is 10.2. The maximum Gasteiger partial charge on any atom is 0.137 e. The fourth-order valence-corrected chi connectivity index (χ4v) is 1.17. The third kappa shape index (κ3) is 3.32. The molecule has 0 saturated heterocycles. The fourth-order valence-electron chi connectivity index (χ4n) is 1.03. The summed E-state index contributed by atoms with van der Waals surface area (Å²) in [7, 11) is 4.10. The van der Waals surface area contributed by atoms with Gasteiger partial charge in [-0.2, -0.15) is 0 Å². The lowest BCUT2D eigenvalue weighted by Crippen LogP contribution is -2.31. The van der Waals surface area contributed by atoms with Crippen molar-refractivity contribution < 1.29 is 0 Å². The van der Waals surface area contributed by atoms with Crippen LogP contribution in [-0.4, -0.2) is 41.5 Å².